The van der Waals surface area contributed by atoms with Crippen LogP contribution in [0.25, 0.3) is 0 Å². The van der Waals surface area contributed by atoms with E-state index >= 15 is 0 Å². The molecule has 10 heteroatoms. The zero-order valence-electron chi connectivity index (χ0n) is 9.13. The maximum absolute atomic E-state index is 12.0. The molecule has 9 nitrogen and oxygen atoms in total. The lowest BCUT2D eigenvalue weighted by Gasteiger charge is -2.04. The Bertz CT molecular complexity index is 672. The van der Waals surface area contributed by atoms with E-state index < -0.39 is 26.6 Å². The van der Waals surface area contributed by atoms with E-state index in [1.807, 2.05) is 0 Å². The van der Waals surface area contributed by atoms with E-state index in [1.165, 1.54) is 19.3 Å². The number of aryl methyl sites for hydroxylation is 1. The van der Waals surface area contributed by atoms with Crippen LogP contribution in [0.5, 0.6) is 0 Å². The molecule has 0 aliphatic rings. The molecule has 0 saturated heterocycles. The summed E-state index contributed by atoms with van der Waals surface area (Å²) >= 11 is 0. The van der Waals surface area contributed by atoms with Gasteiger partial charge in [-0.15, -0.1) is 0 Å². The highest BCUT2D eigenvalue weighted by Gasteiger charge is 2.28. The van der Waals surface area contributed by atoms with E-state index in [0.717, 1.165) is 0 Å². The number of carboxylic acid groups (broad SMARTS) is 1. The van der Waals surface area contributed by atoms with Crippen LogP contribution in [-0.2, 0) is 10.0 Å². The van der Waals surface area contributed by atoms with Gasteiger partial charge in [-0.25, -0.2) is 22.9 Å². The van der Waals surface area contributed by atoms with Gasteiger partial charge in [0, 0.05) is 12.4 Å². The van der Waals surface area contributed by atoms with Gasteiger partial charge >= 0.3 is 5.97 Å². The highest BCUT2D eigenvalue weighted by atomic mass is 32.2. The molecule has 0 fully saturated rings. The largest absolute Gasteiger partial charge is 0.476 e. The molecular formula is C8H9N5O4S. The molecule has 0 radical (unpaired) electrons. The number of sulfonamides is 1. The fraction of sp³-hybridized carbons (Fsp3) is 0.125. The second kappa shape index (κ2) is 4.14. The fourth-order valence-electron chi connectivity index (χ4n) is 1.39. The van der Waals surface area contributed by atoms with Crippen molar-refractivity contribution in [3.8, 4) is 0 Å². The number of carbonyl (C=O) groups is 1. The maximum atomic E-state index is 12.0. The van der Waals surface area contributed by atoms with E-state index in [1.54, 1.807) is 0 Å². The zero-order chi connectivity index (χ0) is 13.3. The van der Waals surface area contributed by atoms with Crippen LogP contribution in [-0.4, -0.2) is 39.7 Å². The lowest BCUT2D eigenvalue weighted by molar-refractivity contribution is 0.0686. The highest BCUT2D eigenvalue weighted by molar-refractivity contribution is 7.92. The quantitative estimate of drug-likeness (QED) is 0.614. The summed E-state index contributed by atoms with van der Waals surface area (Å²) in [6, 6.07) is 0. The number of aromatic carboxylic acids is 1. The molecule has 0 saturated carbocycles. The number of rotatable bonds is 4. The second-order valence-corrected chi connectivity index (χ2v) is 4.99. The summed E-state index contributed by atoms with van der Waals surface area (Å²) in [5, 5.41) is 14.6. The van der Waals surface area contributed by atoms with Gasteiger partial charge in [-0.3, -0.25) is 5.10 Å². The molecule has 0 amide bonds. The summed E-state index contributed by atoms with van der Waals surface area (Å²) in [4.78, 5) is 16.7. The van der Waals surface area contributed by atoms with Crippen molar-refractivity contribution in [3.63, 3.8) is 0 Å². The number of aromatic nitrogens is 4. The monoisotopic (exact) mass is 271 g/mol. The summed E-state index contributed by atoms with van der Waals surface area (Å²) in [7, 11) is -4.06. The van der Waals surface area contributed by atoms with Crippen LogP contribution in [0.15, 0.2) is 17.3 Å². The Morgan fingerprint density at radius 1 is 1.50 bits per heavy atom. The van der Waals surface area contributed by atoms with E-state index in [-0.39, 0.29) is 11.6 Å². The Morgan fingerprint density at radius 2 is 2.22 bits per heavy atom. The third-order valence-electron chi connectivity index (χ3n) is 2.09. The highest BCUT2D eigenvalue weighted by Crippen LogP contribution is 2.19. The first kappa shape index (κ1) is 12.1. The number of H-pyrrole nitrogens is 2. The number of aromatic amines is 2. The summed E-state index contributed by atoms with van der Waals surface area (Å²) in [6.07, 6.45) is 2.79. The summed E-state index contributed by atoms with van der Waals surface area (Å²) in [5.74, 6) is -1.44. The lowest BCUT2D eigenvalue weighted by atomic mass is 10.4. The Kier molecular flexibility index (Phi) is 2.79. The molecule has 0 aliphatic heterocycles. The Balaban J connectivity index is 2.47. The summed E-state index contributed by atoms with van der Waals surface area (Å²) in [6.45, 7) is 1.41. The molecular weight excluding hydrogens is 262 g/mol. The predicted octanol–water partition coefficient (Wildman–Crippen LogP) is -0.0598. The predicted molar refractivity (Wildman–Crippen MR) is 59.7 cm³/mol. The van der Waals surface area contributed by atoms with Crippen molar-refractivity contribution < 1.29 is 18.3 Å². The molecule has 0 aliphatic carbocycles. The molecule has 0 atom stereocenters. The first-order chi connectivity index (χ1) is 8.42. The first-order valence-electron chi connectivity index (χ1n) is 4.72. The number of hydrogen-bond acceptors (Lipinski definition) is 5. The zero-order valence-corrected chi connectivity index (χ0v) is 9.95. The van der Waals surface area contributed by atoms with Gasteiger partial charge < -0.3 is 10.1 Å². The number of anilines is 1. The fourth-order valence-corrected chi connectivity index (χ4v) is 2.70. The lowest BCUT2D eigenvalue weighted by Crippen LogP contribution is -2.17. The standard InChI is InChI=1S/C8H9N5O4S/c1-4-6(5(7(14)15)12-11-4)18(16,17)13-8-9-2-3-10-8/h2-3H,1H3,(H,11,12)(H,14,15)(H2,9,10,13). The third-order valence-corrected chi connectivity index (χ3v) is 3.59. The summed E-state index contributed by atoms with van der Waals surface area (Å²) in [5.41, 5.74) is -0.432. The Labute approximate surface area is 101 Å². The van der Waals surface area contributed by atoms with Crippen molar-refractivity contribution in [1.82, 2.24) is 20.2 Å². The SMILES string of the molecule is Cc1[nH]nc(C(=O)O)c1S(=O)(=O)Nc1ncc[nH]1. The van der Waals surface area contributed by atoms with Gasteiger partial charge in [-0.2, -0.15) is 5.10 Å². The maximum Gasteiger partial charge on any atom is 0.357 e. The van der Waals surface area contributed by atoms with Crippen LogP contribution >= 0.6 is 0 Å². The minimum atomic E-state index is -4.06. The minimum Gasteiger partial charge on any atom is -0.476 e. The van der Waals surface area contributed by atoms with Gasteiger partial charge in [0.2, 0.25) is 5.95 Å². The van der Waals surface area contributed by atoms with Gasteiger partial charge in [0.15, 0.2) is 5.69 Å². The van der Waals surface area contributed by atoms with Crippen molar-refractivity contribution in [1.29, 1.82) is 0 Å². The summed E-state index contributed by atoms with van der Waals surface area (Å²) < 4.78 is 26.1. The number of carboxylic acids is 1. The molecule has 4 N–H and O–H groups in total. The van der Waals surface area contributed by atoms with Gasteiger partial charge in [0.1, 0.15) is 4.90 Å². The molecule has 2 aromatic heterocycles. The molecule has 0 spiro atoms. The molecule has 2 rings (SSSR count). The molecule has 0 bridgehead atoms. The number of hydrogen-bond donors (Lipinski definition) is 4. The van der Waals surface area contributed by atoms with E-state index in [2.05, 4.69) is 24.9 Å². The molecule has 0 unspecified atom stereocenters. The number of imidazole rings is 1. The molecule has 2 aromatic rings. The van der Waals surface area contributed by atoms with Crippen molar-refractivity contribution >= 4 is 21.9 Å². The topological polar surface area (TPSA) is 141 Å². The van der Waals surface area contributed by atoms with Gasteiger partial charge in [-0.1, -0.05) is 0 Å². The smallest absolute Gasteiger partial charge is 0.357 e. The van der Waals surface area contributed by atoms with E-state index in [9.17, 15) is 13.2 Å². The number of nitrogens with zero attached hydrogens (tertiary/aromatic N) is 2. The van der Waals surface area contributed by atoms with Gasteiger partial charge in [-0.05, 0) is 6.92 Å². The average molecular weight is 271 g/mol. The van der Waals surface area contributed by atoms with Crippen LogP contribution < -0.4 is 4.72 Å². The second-order valence-electron chi connectivity index (χ2n) is 3.37. The minimum absolute atomic E-state index is 0.00746. The average Bonchev–Trinajstić information content (AvgIpc) is 2.86. The van der Waals surface area contributed by atoms with E-state index in [0.29, 0.717) is 0 Å². The Hall–Kier alpha value is -2.36. The molecule has 18 heavy (non-hydrogen) atoms. The number of nitrogens with one attached hydrogen (secondary N) is 3. The van der Waals surface area contributed by atoms with E-state index in [4.69, 9.17) is 5.11 Å². The van der Waals surface area contributed by atoms with Crippen molar-refractivity contribution in [2.24, 2.45) is 0 Å². The van der Waals surface area contributed by atoms with Crippen molar-refractivity contribution in [2.45, 2.75) is 11.8 Å². The van der Waals surface area contributed by atoms with Crippen molar-refractivity contribution in [2.75, 3.05) is 4.72 Å². The van der Waals surface area contributed by atoms with Crippen LogP contribution in [0.3, 0.4) is 0 Å². The van der Waals surface area contributed by atoms with Gasteiger partial charge in [0.25, 0.3) is 10.0 Å². The molecule has 96 valence electrons. The Morgan fingerprint density at radius 3 is 2.78 bits per heavy atom. The first-order valence-corrected chi connectivity index (χ1v) is 6.20. The van der Waals surface area contributed by atoms with Crippen LogP contribution in [0.4, 0.5) is 5.95 Å². The van der Waals surface area contributed by atoms with Crippen LogP contribution in [0, 0.1) is 6.92 Å². The van der Waals surface area contributed by atoms with Crippen LogP contribution in [0.2, 0.25) is 0 Å². The molecule has 2 heterocycles. The normalized spacial score (nSPS) is 11.4. The van der Waals surface area contributed by atoms with Gasteiger partial charge in [0.05, 0.1) is 5.69 Å². The third kappa shape index (κ3) is 2.05. The van der Waals surface area contributed by atoms with Crippen molar-refractivity contribution in [3.05, 3.63) is 23.8 Å². The van der Waals surface area contributed by atoms with Crippen LogP contribution in [0.1, 0.15) is 16.2 Å². The molecule has 0 aromatic carbocycles.